The van der Waals surface area contributed by atoms with E-state index >= 15 is 0 Å². The van der Waals surface area contributed by atoms with E-state index in [9.17, 15) is 0 Å². The third-order valence-corrected chi connectivity index (χ3v) is 11.2. The summed E-state index contributed by atoms with van der Waals surface area (Å²) in [5, 5.41) is 9.68. The third kappa shape index (κ3) is 5.42. The Morgan fingerprint density at radius 3 is 1.61 bits per heavy atom. The van der Waals surface area contributed by atoms with Gasteiger partial charge >= 0.3 is 0 Å². The molecule has 262 valence electrons. The molecule has 0 aliphatic rings. The van der Waals surface area contributed by atoms with Crippen LogP contribution in [-0.2, 0) is 0 Å². The summed E-state index contributed by atoms with van der Waals surface area (Å²) in [5.74, 6) is 0. The quantitative estimate of drug-likeness (QED) is 0.160. The van der Waals surface area contributed by atoms with E-state index in [4.69, 9.17) is 4.42 Å². The monoisotopic (exact) mass is 713 g/mol. The largest absolute Gasteiger partial charge is 0.456 e. The molecule has 0 aliphatic carbocycles. The number of para-hydroxylation sites is 1. The van der Waals surface area contributed by atoms with Crippen LogP contribution >= 0.6 is 0 Å². The van der Waals surface area contributed by atoms with Crippen molar-refractivity contribution >= 4 is 71.3 Å². The first kappa shape index (κ1) is 32.0. The molecule has 0 bridgehead atoms. The molecule has 11 aromatic rings. The van der Waals surface area contributed by atoms with E-state index < -0.39 is 0 Å². The molecule has 0 fully saturated rings. The number of hydrogen-bond acceptors (Lipinski definition) is 2. The molecule has 10 aromatic carbocycles. The van der Waals surface area contributed by atoms with Crippen LogP contribution < -0.4 is 4.90 Å². The van der Waals surface area contributed by atoms with Gasteiger partial charge in [-0.2, -0.15) is 0 Å². The van der Waals surface area contributed by atoms with Crippen molar-refractivity contribution in [3.63, 3.8) is 0 Å². The highest BCUT2D eigenvalue weighted by molar-refractivity contribution is 6.14. The van der Waals surface area contributed by atoms with Crippen LogP contribution in [0.15, 0.2) is 217 Å². The van der Waals surface area contributed by atoms with Crippen molar-refractivity contribution in [3.05, 3.63) is 212 Å². The van der Waals surface area contributed by atoms with Gasteiger partial charge in [-0.05, 0) is 121 Å². The first-order chi connectivity index (χ1) is 27.7. The number of anilines is 3. The zero-order valence-corrected chi connectivity index (χ0v) is 30.6. The number of rotatable bonds is 6. The van der Waals surface area contributed by atoms with Crippen molar-refractivity contribution in [2.75, 3.05) is 4.90 Å². The molecule has 11 rings (SSSR count). The molecule has 2 heteroatoms. The average Bonchev–Trinajstić information content (AvgIpc) is 3.63. The fraction of sp³-hybridized carbons (Fsp3) is 0. The highest BCUT2D eigenvalue weighted by Crippen LogP contribution is 2.44. The van der Waals surface area contributed by atoms with Crippen LogP contribution in [0, 0.1) is 0 Å². The van der Waals surface area contributed by atoms with Gasteiger partial charge in [-0.1, -0.05) is 152 Å². The number of benzene rings is 10. The molecule has 0 saturated heterocycles. The van der Waals surface area contributed by atoms with Gasteiger partial charge < -0.3 is 9.32 Å². The predicted octanol–water partition coefficient (Wildman–Crippen LogP) is 15.5. The lowest BCUT2D eigenvalue weighted by Gasteiger charge is -2.28. The summed E-state index contributed by atoms with van der Waals surface area (Å²) in [6, 6.07) is 76.5. The van der Waals surface area contributed by atoms with Crippen LogP contribution in [0.2, 0.25) is 0 Å². The number of furan rings is 1. The van der Waals surface area contributed by atoms with Crippen LogP contribution in [0.1, 0.15) is 0 Å². The van der Waals surface area contributed by atoms with Crippen molar-refractivity contribution in [1.82, 2.24) is 0 Å². The van der Waals surface area contributed by atoms with Gasteiger partial charge in [0.2, 0.25) is 0 Å². The Labute approximate surface area is 325 Å². The Balaban J connectivity index is 1.06. The normalized spacial score (nSPS) is 11.6. The lowest BCUT2D eigenvalue weighted by atomic mass is 9.93. The molecule has 0 spiro atoms. The lowest BCUT2D eigenvalue weighted by molar-refractivity contribution is 0.669. The molecule has 1 heterocycles. The molecule has 1 aromatic heterocycles. The molecule has 2 nitrogen and oxygen atoms in total. The predicted molar refractivity (Wildman–Crippen MR) is 237 cm³/mol. The van der Waals surface area contributed by atoms with E-state index in [-0.39, 0.29) is 0 Å². The minimum atomic E-state index is 0.890. The maximum Gasteiger partial charge on any atom is 0.136 e. The second-order valence-corrected chi connectivity index (χ2v) is 14.5. The molecule has 0 amide bonds. The van der Waals surface area contributed by atoms with E-state index in [2.05, 4.69) is 217 Å². The summed E-state index contributed by atoms with van der Waals surface area (Å²) in [4.78, 5) is 2.39. The van der Waals surface area contributed by atoms with Gasteiger partial charge in [0, 0.05) is 27.7 Å². The van der Waals surface area contributed by atoms with Gasteiger partial charge in [0.05, 0.1) is 5.69 Å². The van der Waals surface area contributed by atoms with Gasteiger partial charge in [0.25, 0.3) is 0 Å². The number of hydrogen-bond donors (Lipinski definition) is 0. The number of nitrogens with zero attached hydrogens (tertiary/aromatic N) is 1. The summed E-state index contributed by atoms with van der Waals surface area (Å²) in [5.41, 5.74) is 12.1. The van der Waals surface area contributed by atoms with E-state index in [0.29, 0.717) is 0 Å². The van der Waals surface area contributed by atoms with Crippen LogP contribution in [0.3, 0.4) is 0 Å². The van der Waals surface area contributed by atoms with E-state index in [0.717, 1.165) is 50.1 Å². The maximum atomic E-state index is 6.40. The lowest BCUT2D eigenvalue weighted by Crippen LogP contribution is -2.11. The van der Waals surface area contributed by atoms with Crippen LogP contribution in [0.5, 0.6) is 0 Å². The van der Waals surface area contributed by atoms with Gasteiger partial charge in [0.15, 0.2) is 0 Å². The first-order valence-corrected chi connectivity index (χ1v) is 19.2. The minimum absolute atomic E-state index is 0.890. The van der Waals surface area contributed by atoms with Crippen LogP contribution in [-0.4, -0.2) is 0 Å². The first-order valence-electron chi connectivity index (χ1n) is 19.2. The molecular formula is C54H35NO. The second-order valence-electron chi connectivity index (χ2n) is 14.5. The molecule has 0 N–H and O–H groups in total. The Bertz CT molecular complexity index is 3230. The standard InChI is InChI=1S/C54H35NO/c1-2-12-36(13-3-1)37-22-27-43(28-23-37)55(44-29-24-38(25-30-44)49-33-41-16-6-7-17-45(41)47-19-8-9-20-48(47)49)52-21-11-10-18-46(52)42-26-31-53-50(34-42)51-32-39-14-4-5-15-40(39)35-54(51)56-53/h1-35H. The zero-order chi connectivity index (χ0) is 37.0. The van der Waals surface area contributed by atoms with Gasteiger partial charge in [-0.3, -0.25) is 0 Å². The van der Waals surface area contributed by atoms with Gasteiger partial charge in [0.1, 0.15) is 11.2 Å². The van der Waals surface area contributed by atoms with Crippen LogP contribution in [0.25, 0.3) is 87.6 Å². The van der Waals surface area contributed by atoms with Gasteiger partial charge in [-0.25, -0.2) is 0 Å². The Kier molecular flexibility index (Phi) is 7.53. The smallest absolute Gasteiger partial charge is 0.136 e. The summed E-state index contributed by atoms with van der Waals surface area (Å²) in [7, 11) is 0. The van der Waals surface area contributed by atoms with E-state index in [1.165, 1.54) is 54.6 Å². The van der Waals surface area contributed by atoms with E-state index in [1.807, 2.05) is 0 Å². The fourth-order valence-electron chi connectivity index (χ4n) is 8.49. The summed E-state index contributed by atoms with van der Waals surface area (Å²) in [6.07, 6.45) is 0. The highest BCUT2D eigenvalue weighted by Gasteiger charge is 2.19. The molecule has 0 atom stereocenters. The van der Waals surface area contributed by atoms with Crippen molar-refractivity contribution in [3.8, 4) is 33.4 Å². The van der Waals surface area contributed by atoms with Crippen LogP contribution in [0.4, 0.5) is 17.1 Å². The summed E-state index contributed by atoms with van der Waals surface area (Å²) in [6.45, 7) is 0. The van der Waals surface area contributed by atoms with Crippen molar-refractivity contribution in [1.29, 1.82) is 0 Å². The molecule has 0 unspecified atom stereocenters. The summed E-state index contributed by atoms with van der Waals surface area (Å²) >= 11 is 0. The Morgan fingerprint density at radius 1 is 0.286 bits per heavy atom. The SMILES string of the molecule is c1ccc(-c2ccc(N(c3ccc(-c4cc5ccccc5c5ccccc45)cc3)c3ccccc3-c3ccc4oc5cc6ccccc6cc5c4c3)cc2)cc1. The minimum Gasteiger partial charge on any atom is -0.456 e. The Morgan fingerprint density at radius 2 is 0.839 bits per heavy atom. The van der Waals surface area contributed by atoms with E-state index in [1.54, 1.807) is 0 Å². The molecule has 0 aliphatic heterocycles. The maximum absolute atomic E-state index is 6.40. The average molecular weight is 714 g/mol. The molecule has 0 radical (unpaired) electrons. The number of fused-ring (bicyclic) bond motifs is 7. The molecular weight excluding hydrogens is 679 g/mol. The third-order valence-electron chi connectivity index (χ3n) is 11.2. The molecule has 0 saturated carbocycles. The van der Waals surface area contributed by atoms with Crippen molar-refractivity contribution in [2.45, 2.75) is 0 Å². The highest BCUT2D eigenvalue weighted by atomic mass is 16.3. The van der Waals surface area contributed by atoms with Crippen molar-refractivity contribution < 1.29 is 4.42 Å². The molecule has 56 heavy (non-hydrogen) atoms. The van der Waals surface area contributed by atoms with Crippen molar-refractivity contribution in [2.24, 2.45) is 0 Å². The second kappa shape index (κ2) is 13.2. The fourth-order valence-corrected chi connectivity index (χ4v) is 8.49. The topological polar surface area (TPSA) is 16.4 Å². The summed E-state index contributed by atoms with van der Waals surface area (Å²) < 4.78 is 6.40. The van der Waals surface area contributed by atoms with Gasteiger partial charge in [-0.15, -0.1) is 0 Å². The zero-order valence-electron chi connectivity index (χ0n) is 30.6. The Hall–Kier alpha value is -7.42.